The van der Waals surface area contributed by atoms with Crippen LogP contribution in [0.4, 0.5) is 26.3 Å². The number of hydrogen-bond acceptors (Lipinski definition) is 2. The molecular formula is C32H20F6N2Pt. The summed E-state index contributed by atoms with van der Waals surface area (Å²) < 4.78 is 80.1. The molecule has 3 aromatic carbocycles. The zero-order chi connectivity index (χ0) is 28.5. The van der Waals surface area contributed by atoms with Gasteiger partial charge in [0.2, 0.25) is 0 Å². The standard InChI is InChI=1S/C32H20F6N2.Pt/c1-30(23-11-3-2-4-12-23,28-17-7-15-26(39-28)21-9-5-13-24(19-21)31(33,34)35)29-18-8-16-27(40-29)22-10-6-14-25(20-22)32(36,37)38;/h2-8,11-20H,1H3;/q-2;+2. The monoisotopic (exact) mass is 741 g/mol. The van der Waals surface area contributed by atoms with Crippen LogP contribution in [0, 0.1) is 12.1 Å². The first-order valence-electron chi connectivity index (χ1n) is 12.2. The number of alkyl halides is 6. The summed E-state index contributed by atoms with van der Waals surface area (Å²) in [7, 11) is 0. The van der Waals surface area contributed by atoms with Crippen molar-refractivity contribution in [2.24, 2.45) is 0 Å². The van der Waals surface area contributed by atoms with Crippen LogP contribution in [-0.4, -0.2) is 9.97 Å². The fourth-order valence-electron chi connectivity index (χ4n) is 4.51. The summed E-state index contributed by atoms with van der Waals surface area (Å²) in [5.41, 5.74) is 0.0268. The van der Waals surface area contributed by atoms with Crippen molar-refractivity contribution in [3.8, 4) is 22.5 Å². The van der Waals surface area contributed by atoms with E-state index in [2.05, 4.69) is 12.1 Å². The SMILES string of the molecule is CC(c1ccccc1)(c1cccc(-c2[c-]ccc(C(F)(F)F)c2)n1)c1cccc(-c2[c-]ccc(C(F)(F)F)c2)n1.[Pt+2]. The largest absolute Gasteiger partial charge is 2.00 e. The van der Waals surface area contributed by atoms with E-state index >= 15 is 0 Å². The zero-order valence-corrected chi connectivity index (χ0v) is 23.6. The van der Waals surface area contributed by atoms with E-state index in [0.29, 0.717) is 11.4 Å². The molecule has 9 heteroatoms. The molecule has 5 aromatic rings. The van der Waals surface area contributed by atoms with Gasteiger partial charge in [-0.1, -0.05) is 54.6 Å². The van der Waals surface area contributed by atoms with Gasteiger partial charge >= 0.3 is 33.4 Å². The predicted molar refractivity (Wildman–Crippen MR) is 139 cm³/mol. The van der Waals surface area contributed by atoms with Crippen LogP contribution in [0.5, 0.6) is 0 Å². The Balaban J connectivity index is 0.00000387. The Labute approximate surface area is 247 Å². The second-order valence-corrected chi connectivity index (χ2v) is 9.28. The van der Waals surface area contributed by atoms with E-state index in [1.54, 1.807) is 36.4 Å². The van der Waals surface area contributed by atoms with Gasteiger partial charge in [-0.15, -0.1) is 59.7 Å². The average Bonchev–Trinajstić information content (AvgIpc) is 2.96. The number of pyridine rings is 2. The Bertz CT molecular complexity index is 1550. The molecule has 0 bridgehead atoms. The van der Waals surface area contributed by atoms with Crippen LogP contribution in [0.25, 0.3) is 22.5 Å². The number of benzene rings is 3. The van der Waals surface area contributed by atoms with Gasteiger partial charge in [-0.2, -0.15) is 26.3 Å². The molecule has 2 nitrogen and oxygen atoms in total. The average molecular weight is 742 g/mol. The Kier molecular flexibility index (Phi) is 8.55. The molecule has 0 N–H and O–H groups in total. The molecule has 0 atom stereocenters. The second kappa shape index (κ2) is 11.6. The van der Waals surface area contributed by atoms with Gasteiger partial charge in [-0.3, -0.25) is 9.97 Å². The van der Waals surface area contributed by atoms with Gasteiger partial charge in [-0.25, -0.2) is 0 Å². The third kappa shape index (κ3) is 6.28. The van der Waals surface area contributed by atoms with Crippen molar-refractivity contribution in [3.05, 3.63) is 143 Å². The van der Waals surface area contributed by atoms with Gasteiger partial charge in [0.1, 0.15) is 0 Å². The summed E-state index contributed by atoms with van der Waals surface area (Å²) in [4.78, 5) is 9.49. The van der Waals surface area contributed by atoms with Gasteiger partial charge in [0.05, 0.1) is 5.41 Å². The summed E-state index contributed by atoms with van der Waals surface area (Å²) in [5, 5.41) is 0. The van der Waals surface area contributed by atoms with Gasteiger partial charge in [0, 0.05) is 11.4 Å². The van der Waals surface area contributed by atoms with Crippen molar-refractivity contribution in [1.82, 2.24) is 9.97 Å². The molecular weight excluding hydrogens is 721 g/mol. The van der Waals surface area contributed by atoms with Crippen LogP contribution in [0.3, 0.4) is 0 Å². The number of aromatic nitrogens is 2. The smallest absolute Gasteiger partial charge is 0.300 e. The van der Waals surface area contributed by atoms with Gasteiger partial charge in [-0.05, 0) is 47.1 Å². The van der Waals surface area contributed by atoms with Crippen molar-refractivity contribution >= 4 is 0 Å². The van der Waals surface area contributed by atoms with E-state index < -0.39 is 28.9 Å². The summed E-state index contributed by atoms with van der Waals surface area (Å²) in [6.45, 7) is 1.87. The minimum atomic E-state index is -4.52. The van der Waals surface area contributed by atoms with E-state index in [1.807, 2.05) is 37.3 Å². The van der Waals surface area contributed by atoms with Crippen molar-refractivity contribution < 1.29 is 47.4 Å². The van der Waals surface area contributed by atoms with Crippen molar-refractivity contribution in [1.29, 1.82) is 0 Å². The van der Waals surface area contributed by atoms with Crippen molar-refractivity contribution in [3.63, 3.8) is 0 Å². The summed E-state index contributed by atoms with van der Waals surface area (Å²) in [5.74, 6) is 0. The van der Waals surface area contributed by atoms with Crippen molar-refractivity contribution in [2.75, 3.05) is 0 Å². The third-order valence-electron chi connectivity index (χ3n) is 6.68. The van der Waals surface area contributed by atoms with Gasteiger partial charge in [0.25, 0.3) is 0 Å². The quantitative estimate of drug-likeness (QED) is 0.133. The first kappa shape index (κ1) is 30.2. The van der Waals surface area contributed by atoms with Gasteiger partial charge < -0.3 is 0 Å². The van der Waals surface area contributed by atoms with Crippen LogP contribution in [-0.2, 0) is 38.8 Å². The third-order valence-corrected chi connectivity index (χ3v) is 6.68. The molecule has 0 fully saturated rings. The number of halogens is 6. The maximum absolute atomic E-state index is 13.4. The molecule has 0 saturated heterocycles. The minimum Gasteiger partial charge on any atom is -0.300 e. The summed E-state index contributed by atoms with van der Waals surface area (Å²) in [6.07, 6.45) is -9.05. The molecule has 41 heavy (non-hydrogen) atoms. The van der Waals surface area contributed by atoms with Gasteiger partial charge in [0.15, 0.2) is 0 Å². The Morgan fingerprint density at radius 1 is 0.537 bits per heavy atom. The number of hydrogen-bond donors (Lipinski definition) is 0. The normalized spacial score (nSPS) is 12.1. The molecule has 0 aliphatic heterocycles. The Hall–Kier alpha value is -3.77. The molecule has 0 radical (unpaired) electrons. The molecule has 0 aliphatic carbocycles. The Morgan fingerprint density at radius 2 is 0.976 bits per heavy atom. The second-order valence-electron chi connectivity index (χ2n) is 9.28. The number of nitrogens with zero attached hydrogens (tertiary/aromatic N) is 2. The summed E-state index contributed by atoms with van der Waals surface area (Å²) >= 11 is 0. The van der Waals surface area contributed by atoms with E-state index in [0.717, 1.165) is 29.8 Å². The number of rotatable bonds is 5. The molecule has 210 valence electrons. The van der Waals surface area contributed by atoms with Crippen LogP contribution >= 0.6 is 0 Å². The fourth-order valence-corrected chi connectivity index (χ4v) is 4.51. The first-order chi connectivity index (χ1) is 19.0. The molecule has 0 amide bonds. The maximum atomic E-state index is 13.4. The first-order valence-corrected chi connectivity index (χ1v) is 12.2. The van der Waals surface area contributed by atoms with Crippen LogP contribution in [0.15, 0.2) is 103 Å². The predicted octanol–water partition coefficient (Wildman–Crippen LogP) is 8.80. The van der Waals surface area contributed by atoms with Crippen LogP contribution in [0.1, 0.15) is 35.0 Å². The summed E-state index contributed by atoms with van der Waals surface area (Å²) in [6, 6.07) is 31.3. The maximum Gasteiger partial charge on any atom is 2.00 e. The van der Waals surface area contributed by atoms with E-state index in [-0.39, 0.29) is 43.6 Å². The molecule has 0 spiro atoms. The zero-order valence-electron chi connectivity index (χ0n) is 21.3. The molecule has 0 unspecified atom stereocenters. The van der Waals surface area contributed by atoms with E-state index in [4.69, 9.17) is 9.97 Å². The fraction of sp³-hybridized carbons (Fsp3) is 0.125. The topological polar surface area (TPSA) is 25.8 Å². The van der Waals surface area contributed by atoms with Crippen LogP contribution in [0.2, 0.25) is 0 Å². The van der Waals surface area contributed by atoms with Crippen molar-refractivity contribution in [2.45, 2.75) is 24.7 Å². The molecule has 0 aliphatic rings. The minimum absolute atomic E-state index is 0. The molecule has 2 heterocycles. The molecule has 0 saturated carbocycles. The molecule has 5 rings (SSSR count). The Morgan fingerprint density at radius 3 is 1.39 bits per heavy atom. The van der Waals surface area contributed by atoms with Crippen LogP contribution < -0.4 is 0 Å². The molecule has 2 aromatic heterocycles. The van der Waals surface area contributed by atoms with E-state index in [1.165, 1.54) is 12.1 Å². The van der Waals surface area contributed by atoms with E-state index in [9.17, 15) is 26.3 Å².